The number of phenols is 1. The molecule has 3 aromatic heterocycles. The summed E-state index contributed by atoms with van der Waals surface area (Å²) in [6.45, 7) is 4.15. The van der Waals surface area contributed by atoms with Crippen LogP contribution in [0.3, 0.4) is 0 Å². The van der Waals surface area contributed by atoms with Crippen molar-refractivity contribution in [3.63, 3.8) is 0 Å². The largest absolute Gasteiger partial charge is 0.507 e. The lowest BCUT2D eigenvalue weighted by atomic mass is 10.2. The van der Waals surface area contributed by atoms with Gasteiger partial charge < -0.3 is 5.11 Å². The van der Waals surface area contributed by atoms with Crippen LogP contribution in [0.15, 0.2) is 59.3 Å². The number of rotatable bonds is 2. The van der Waals surface area contributed by atoms with Gasteiger partial charge in [0, 0.05) is 10.2 Å². The van der Waals surface area contributed by atoms with Gasteiger partial charge in [0.2, 0.25) is 0 Å². The Morgan fingerprint density at radius 3 is 2.50 bits per heavy atom. The Bertz CT molecular complexity index is 1370. The molecule has 5 aromatic rings. The lowest BCUT2D eigenvalue weighted by molar-refractivity contribution is 0.477. The number of hydrogen-bond acceptors (Lipinski definition) is 4. The summed E-state index contributed by atoms with van der Waals surface area (Å²) in [7, 11) is 0. The molecular weight excluding hydrogens is 418 g/mol. The Kier molecular flexibility index (Phi) is 3.73. The molecule has 0 aliphatic heterocycles. The second-order valence-corrected chi connectivity index (χ2v) is 7.52. The predicted molar refractivity (Wildman–Crippen MR) is 112 cm³/mol. The average Bonchev–Trinajstić information content (AvgIpc) is 3.22. The quantitative estimate of drug-likeness (QED) is 0.433. The van der Waals surface area contributed by atoms with E-state index in [2.05, 4.69) is 50.5 Å². The summed E-state index contributed by atoms with van der Waals surface area (Å²) in [6.07, 6.45) is 1.67. The van der Waals surface area contributed by atoms with Crippen LogP contribution in [0, 0.1) is 13.8 Å². The van der Waals surface area contributed by atoms with Crippen LogP contribution in [0.4, 0.5) is 0 Å². The number of aryl methyl sites for hydroxylation is 1. The molecule has 1 N–H and O–H groups in total. The minimum atomic E-state index is 0.154. The van der Waals surface area contributed by atoms with E-state index in [4.69, 9.17) is 4.98 Å². The van der Waals surface area contributed by atoms with Gasteiger partial charge in [0.25, 0.3) is 0 Å². The van der Waals surface area contributed by atoms with Crippen molar-refractivity contribution in [2.75, 3.05) is 0 Å². The molecule has 0 saturated carbocycles. The number of nitrogens with zero attached hydrogens (tertiary/aromatic N) is 5. The van der Waals surface area contributed by atoms with Gasteiger partial charge in [-0.2, -0.15) is 0 Å². The first-order valence-electron chi connectivity index (χ1n) is 8.82. The molecule has 0 aliphatic carbocycles. The molecule has 0 aliphatic rings. The third-order valence-corrected chi connectivity index (χ3v) is 5.74. The van der Waals surface area contributed by atoms with E-state index in [-0.39, 0.29) is 5.75 Å². The van der Waals surface area contributed by atoms with Gasteiger partial charge in [-0.25, -0.2) is 14.5 Å². The predicted octanol–water partition coefficient (Wildman–Crippen LogP) is 4.82. The summed E-state index contributed by atoms with van der Waals surface area (Å²) in [5.74, 6) is 0.624. The highest BCUT2D eigenvalue weighted by Gasteiger charge is 2.20. The monoisotopic (exact) mass is 433 g/mol. The van der Waals surface area contributed by atoms with Crippen molar-refractivity contribution in [2.45, 2.75) is 13.8 Å². The van der Waals surface area contributed by atoms with Crippen molar-refractivity contribution in [3.8, 4) is 22.8 Å². The van der Waals surface area contributed by atoms with Gasteiger partial charge in [-0.05, 0) is 59.6 Å². The highest BCUT2D eigenvalue weighted by Crippen LogP contribution is 2.33. The van der Waals surface area contributed by atoms with E-state index in [1.54, 1.807) is 29.0 Å². The van der Waals surface area contributed by atoms with E-state index < -0.39 is 0 Å². The number of halogens is 1. The van der Waals surface area contributed by atoms with Crippen molar-refractivity contribution < 1.29 is 5.11 Å². The first-order chi connectivity index (χ1) is 13.6. The minimum Gasteiger partial charge on any atom is -0.507 e. The number of benzene rings is 2. The van der Waals surface area contributed by atoms with E-state index in [9.17, 15) is 5.11 Å². The third-order valence-electron chi connectivity index (χ3n) is 5.07. The van der Waals surface area contributed by atoms with Crippen LogP contribution in [0.1, 0.15) is 11.3 Å². The Morgan fingerprint density at radius 1 is 0.964 bits per heavy atom. The molecular formula is C21H16BrN5O. The third kappa shape index (κ3) is 2.36. The summed E-state index contributed by atoms with van der Waals surface area (Å²) in [6, 6.07) is 15.1. The molecule has 0 bridgehead atoms. The summed E-state index contributed by atoms with van der Waals surface area (Å²) >= 11 is 3.64. The Labute approximate surface area is 169 Å². The smallest absolute Gasteiger partial charge is 0.185 e. The van der Waals surface area contributed by atoms with Crippen molar-refractivity contribution in [1.82, 2.24) is 24.1 Å². The fraction of sp³-hybridized carbons (Fsp3) is 0.0952. The van der Waals surface area contributed by atoms with E-state index >= 15 is 0 Å². The van der Waals surface area contributed by atoms with Gasteiger partial charge in [0.1, 0.15) is 12.1 Å². The molecule has 138 valence electrons. The van der Waals surface area contributed by atoms with Crippen molar-refractivity contribution in [3.05, 3.63) is 70.6 Å². The number of para-hydroxylation sites is 2. The molecule has 6 nitrogen and oxygen atoms in total. The molecule has 5 rings (SSSR count). The molecule has 0 spiro atoms. The zero-order chi connectivity index (χ0) is 19.4. The lowest BCUT2D eigenvalue weighted by Gasteiger charge is -2.09. The molecule has 0 fully saturated rings. The average molecular weight is 434 g/mol. The molecule has 0 saturated heterocycles. The summed E-state index contributed by atoms with van der Waals surface area (Å²) in [5.41, 5.74) is 5.35. The van der Waals surface area contributed by atoms with Crippen LogP contribution < -0.4 is 0 Å². The maximum Gasteiger partial charge on any atom is 0.185 e. The van der Waals surface area contributed by atoms with E-state index in [0.717, 1.165) is 38.1 Å². The van der Waals surface area contributed by atoms with E-state index in [1.807, 2.05) is 24.3 Å². The standard InChI is InChI=1S/C21H16BrN5O/c1-12-13(2)27(16-9-5-4-8-15(16)22)20-18(12)21-24-19(25-26(21)11-23-20)14-7-3-6-10-17(14)28/h3-11,28H,1-2H3. The lowest BCUT2D eigenvalue weighted by Crippen LogP contribution is -2.00. The molecule has 2 aromatic carbocycles. The Balaban J connectivity index is 1.84. The maximum absolute atomic E-state index is 10.2. The van der Waals surface area contributed by atoms with Crippen LogP contribution in [0.2, 0.25) is 0 Å². The zero-order valence-electron chi connectivity index (χ0n) is 15.3. The number of aromatic nitrogens is 5. The normalized spacial score (nSPS) is 11.5. The van der Waals surface area contributed by atoms with Gasteiger partial charge in [0.15, 0.2) is 17.1 Å². The molecule has 0 unspecified atom stereocenters. The van der Waals surface area contributed by atoms with Crippen LogP contribution >= 0.6 is 15.9 Å². The summed E-state index contributed by atoms with van der Waals surface area (Å²) in [4.78, 5) is 9.41. The van der Waals surface area contributed by atoms with Gasteiger partial charge in [-0.1, -0.05) is 24.3 Å². The Morgan fingerprint density at radius 2 is 1.71 bits per heavy atom. The molecule has 0 radical (unpaired) electrons. The number of aromatic hydroxyl groups is 1. The molecule has 0 atom stereocenters. The van der Waals surface area contributed by atoms with Crippen molar-refractivity contribution in [2.24, 2.45) is 0 Å². The van der Waals surface area contributed by atoms with Gasteiger partial charge in [-0.3, -0.25) is 4.57 Å². The highest BCUT2D eigenvalue weighted by molar-refractivity contribution is 9.10. The highest BCUT2D eigenvalue weighted by atomic mass is 79.9. The molecule has 28 heavy (non-hydrogen) atoms. The minimum absolute atomic E-state index is 0.154. The first kappa shape index (κ1) is 16.9. The zero-order valence-corrected chi connectivity index (χ0v) is 16.8. The van der Waals surface area contributed by atoms with Crippen molar-refractivity contribution in [1.29, 1.82) is 0 Å². The first-order valence-corrected chi connectivity index (χ1v) is 9.62. The number of phenolic OH excluding ortho intramolecular Hbond substituents is 1. The number of fused-ring (bicyclic) bond motifs is 3. The molecule has 7 heteroatoms. The van der Waals surface area contributed by atoms with Gasteiger partial charge >= 0.3 is 0 Å². The van der Waals surface area contributed by atoms with Crippen LogP contribution in [0.25, 0.3) is 33.8 Å². The fourth-order valence-electron chi connectivity index (χ4n) is 3.57. The van der Waals surface area contributed by atoms with Crippen LogP contribution in [-0.4, -0.2) is 29.3 Å². The SMILES string of the molecule is Cc1c(C)n(-c2ccccc2Br)c2ncn3nc(-c4ccccc4O)nc3c12. The van der Waals surface area contributed by atoms with Gasteiger partial charge in [-0.15, -0.1) is 5.10 Å². The van der Waals surface area contributed by atoms with E-state index in [1.165, 1.54) is 0 Å². The topological polar surface area (TPSA) is 68.2 Å². The second kappa shape index (κ2) is 6.17. The number of hydrogen-bond donors (Lipinski definition) is 1. The maximum atomic E-state index is 10.2. The van der Waals surface area contributed by atoms with E-state index in [0.29, 0.717) is 11.4 Å². The van der Waals surface area contributed by atoms with Crippen LogP contribution in [0.5, 0.6) is 5.75 Å². The van der Waals surface area contributed by atoms with Gasteiger partial charge in [0.05, 0.1) is 16.6 Å². The molecule has 0 amide bonds. The Hall–Kier alpha value is -3.19. The summed E-state index contributed by atoms with van der Waals surface area (Å²) in [5, 5.41) is 15.6. The second-order valence-electron chi connectivity index (χ2n) is 6.66. The van der Waals surface area contributed by atoms with Crippen LogP contribution in [-0.2, 0) is 0 Å². The molecule has 3 heterocycles. The fourth-order valence-corrected chi connectivity index (χ4v) is 4.03. The summed E-state index contributed by atoms with van der Waals surface area (Å²) < 4.78 is 4.79. The van der Waals surface area contributed by atoms with Crippen molar-refractivity contribution >= 4 is 32.6 Å².